The Balaban J connectivity index is 1.63. The minimum absolute atomic E-state index is 0.0928. The molecule has 5 heteroatoms. The first kappa shape index (κ1) is 15.6. The second-order valence-corrected chi connectivity index (χ2v) is 5.97. The Kier molecular flexibility index (Phi) is 4.65. The summed E-state index contributed by atoms with van der Waals surface area (Å²) in [4.78, 5) is 29.5. The first-order chi connectivity index (χ1) is 11.2. The van der Waals surface area contributed by atoms with Crippen molar-refractivity contribution in [1.82, 2.24) is 9.88 Å². The van der Waals surface area contributed by atoms with Gasteiger partial charge in [0.15, 0.2) is 6.61 Å². The third kappa shape index (κ3) is 3.23. The Morgan fingerprint density at radius 3 is 2.96 bits per heavy atom. The molecule has 0 unspecified atom stereocenters. The van der Waals surface area contributed by atoms with Crippen LogP contribution in [0.2, 0.25) is 0 Å². The molecule has 2 aromatic rings. The summed E-state index contributed by atoms with van der Waals surface area (Å²) in [6.07, 6.45) is 5.81. The molecule has 23 heavy (non-hydrogen) atoms. The van der Waals surface area contributed by atoms with E-state index in [4.69, 9.17) is 4.74 Å². The number of aromatic amines is 1. The number of fused-ring (bicyclic) bond motifs is 1. The zero-order valence-electron chi connectivity index (χ0n) is 13.4. The van der Waals surface area contributed by atoms with Crippen molar-refractivity contribution in [2.24, 2.45) is 0 Å². The van der Waals surface area contributed by atoms with Gasteiger partial charge in [-0.2, -0.15) is 0 Å². The number of nitrogens with zero attached hydrogens (tertiary/aromatic N) is 1. The fourth-order valence-electron chi connectivity index (χ4n) is 3.28. The molecule has 0 spiro atoms. The summed E-state index contributed by atoms with van der Waals surface area (Å²) < 4.78 is 5.25. The second kappa shape index (κ2) is 6.86. The zero-order valence-corrected chi connectivity index (χ0v) is 13.4. The summed E-state index contributed by atoms with van der Waals surface area (Å²) in [5, 5.41) is 0.814. The predicted octanol–water partition coefficient (Wildman–Crippen LogP) is 3.12. The number of carbonyl (C=O) groups is 2. The molecule has 1 aliphatic rings. The molecule has 1 aliphatic heterocycles. The number of amides is 1. The number of benzene rings is 1. The largest absolute Gasteiger partial charge is 0.452 e. The smallest absolute Gasteiger partial charge is 0.340 e. The van der Waals surface area contributed by atoms with Crippen LogP contribution < -0.4 is 0 Å². The fraction of sp³-hybridized carbons (Fsp3) is 0.444. The summed E-state index contributed by atoms with van der Waals surface area (Å²) in [5.74, 6) is -0.550. The van der Waals surface area contributed by atoms with E-state index < -0.39 is 5.97 Å². The van der Waals surface area contributed by atoms with Gasteiger partial charge in [0.2, 0.25) is 0 Å². The highest BCUT2D eigenvalue weighted by Crippen LogP contribution is 2.21. The van der Waals surface area contributed by atoms with E-state index in [1.54, 1.807) is 6.20 Å². The van der Waals surface area contributed by atoms with Crippen LogP contribution in [0.15, 0.2) is 30.5 Å². The summed E-state index contributed by atoms with van der Waals surface area (Å²) >= 11 is 0. The van der Waals surface area contributed by atoms with Gasteiger partial charge in [0.1, 0.15) is 0 Å². The highest BCUT2D eigenvalue weighted by Gasteiger charge is 2.26. The highest BCUT2D eigenvalue weighted by molar-refractivity contribution is 6.04. The van der Waals surface area contributed by atoms with Crippen LogP contribution >= 0.6 is 0 Å². The molecule has 1 N–H and O–H groups in total. The molecule has 122 valence electrons. The van der Waals surface area contributed by atoms with E-state index in [-0.39, 0.29) is 18.6 Å². The standard InChI is InChI=1S/C18H22N2O3/c1-2-13-7-5-6-10-20(13)17(21)12-23-18(22)15-11-19-16-9-4-3-8-14(15)16/h3-4,8-9,11,13,19H,2,5-7,10,12H2,1H3/t13-/m0/s1. The first-order valence-corrected chi connectivity index (χ1v) is 8.23. The number of H-pyrrole nitrogens is 1. The number of esters is 1. The van der Waals surface area contributed by atoms with Crippen LogP contribution in [-0.4, -0.2) is 41.0 Å². The molecule has 0 bridgehead atoms. The van der Waals surface area contributed by atoms with Crippen LogP contribution in [0, 0.1) is 0 Å². The number of piperidine rings is 1. The van der Waals surface area contributed by atoms with Crippen LogP contribution in [0.5, 0.6) is 0 Å². The predicted molar refractivity (Wildman–Crippen MR) is 88.2 cm³/mol. The SMILES string of the molecule is CC[C@H]1CCCCN1C(=O)COC(=O)c1c[nH]c2ccccc12. The first-order valence-electron chi connectivity index (χ1n) is 8.23. The molecule has 1 aromatic carbocycles. The molecule has 1 fully saturated rings. The number of ether oxygens (including phenoxy) is 1. The van der Waals surface area contributed by atoms with E-state index >= 15 is 0 Å². The number of nitrogens with one attached hydrogen (secondary N) is 1. The molecule has 0 aliphatic carbocycles. The van der Waals surface area contributed by atoms with E-state index in [1.807, 2.05) is 29.2 Å². The minimum Gasteiger partial charge on any atom is -0.452 e. The normalized spacial score (nSPS) is 18.1. The van der Waals surface area contributed by atoms with Crippen LogP contribution in [0.3, 0.4) is 0 Å². The van der Waals surface area contributed by atoms with Gasteiger partial charge in [-0.3, -0.25) is 4.79 Å². The summed E-state index contributed by atoms with van der Waals surface area (Å²) in [7, 11) is 0. The Labute approximate surface area is 135 Å². The van der Waals surface area contributed by atoms with Crippen LogP contribution in [0.4, 0.5) is 0 Å². The minimum atomic E-state index is -0.458. The number of carbonyl (C=O) groups excluding carboxylic acids is 2. The monoisotopic (exact) mass is 314 g/mol. The molecule has 1 amide bonds. The lowest BCUT2D eigenvalue weighted by atomic mass is 10.00. The number of rotatable bonds is 4. The number of hydrogen-bond acceptors (Lipinski definition) is 3. The van der Waals surface area contributed by atoms with Crippen LogP contribution in [-0.2, 0) is 9.53 Å². The molecule has 1 atom stereocenters. The summed E-state index contributed by atoms with van der Waals surface area (Å²) in [5.41, 5.74) is 1.35. The number of aromatic nitrogens is 1. The van der Waals surface area contributed by atoms with E-state index in [0.717, 1.165) is 43.1 Å². The van der Waals surface area contributed by atoms with Crippen LogP contribution in [0.25, 0.3) is 10.9 Å². The van der Waals surface area contributed by atoms with Crippen molar-refractivity contribution in [3.8, 4) is 0 Å². The molecule has 3 rings (SSSR count). The fourth-order valence-corrected chi connectivity index (χ4v) is 3.28. The molecule has 2 heterocycles. The third-order valence-corrected chi connectivity index (χ3v) is 4.55. The lowest BCUT2D eigenvalue weighted by Gasteiger charge is -2.35. The van der Waals surface area contributed by atoms with Gasteiger partial charge < -0.3 is 14.6 Å². The topological polar surface area (TPSA) is 62.4 Å². The molecule has 0 saturated carbocycles. The van der Waals surface area contributed by atoms with Gasteiger partial charge in [0.05, 0.1) is 5.56 Å². The van der Waals surface area contributed by atoms with Gasteiger partial charge in [-0.05, 0) is 31.7 Å². The van der Waals surface area contributed by atoms with Crippen molar-refractivity contribution < 1.29 is 14.3 Å². The molecule has 5 nitrogen and oxygen atoms in total. The average Bonchev–Trinajstić information content (AvgIpc) is 3.03. The van der Waals surface area contributed by atoms with Crippen LogP contribution in [0.1, 0.15) is 43.0 Å². The number of likely N-dealkylation sites (tertiary alicyclic amines) is 1. The summed E-state index contributed by atoms with van der Waals surface area (Å²) in [6, 6.07) is 7.82. The van der Waals surface area contributed by atoms with Gasteiger partial charge in [-0.15, -0.1) is 0 Å². The van der Waals surface area contributed by atoms with Gasteiger partial charge in [0.25, 0.3) is 5.91 Å². The van der Waals surface area contributed by atoms with Gasteiger partial charge in [-0.1, -0.05) is 25.1 Å². The molecular formula is C18H22N2O3. The molecule has 1 saturated heterocycles. The lowest BCUT2D eigenvalue weighted by molar-refractivity contribution is -0.138. The van der Waals surface area contributed by atoms with Crippen molar-refractivity contribution in [2.75, 3.05) is 13.2 Å². The Morgan fingerprint density at radius 1 is 1.30 bits per heavy atom. The Bertz CT molecular complexity index is 707. The van der Waals surface area contributed by atoms with Crippen molar-refractivity contribution in [3.05, 3.63) is 36.0 Å². The summed E-state index contributed by atoms with van der Waals surface area (Å²) in [6.45, 7) is 2.67. The maximum Gasteiger partial charge on any atom is 0.340 e. The quantitative estimate of drug-likeness (QED) is 0.882. The molecule has 0 radical (unpaired) electrons. The maximum absolute atomic E-state index is 12.3. The maximum atomic E-state index is 12.3. The van der Waals surface area contributed by atoms with Gasteiger partial charge in [-0.25, -0.2) is 4.79 Å². The molecule has 1 aromatic heterocycles. The molecular weight excluding hydrogens is 292 g/mol. The highest BCUT2D eigenvalue weighted by atomic mass is 16.5. The number of hydrogen-bond donors (Lipinski definition) is 1. The van der Waals surface area contributed by atoms with Crippen molar-refractivity contribution in [1.29, 1.82) is 0 Å². The second-order valence-electron chi connectivity index (χ2n) is 5.97. The Morgan fingerprint density at radius 2 is 2.13 bits per heavy atom. The van der Waals surface area contributed by atoms with E-state index in [0.29, 0.717) is 5.56 Å². The van der Waals surface area contributed by atoms with Crippen molar-refractivity contribution in [2.45, 2.75) is 38.6 Å². The van der Waals surface area contributed by atoms with E-state index in [9.17, 15) is 9.59 Å². The Hall–Kier alpha value is -2.30. The zero-order chi connectivity index (χ0) is 16.2. The van der Waals surface area contributed by atoms with Crippen molar-refractivity contribution in [3.63, 3.8) is 0 Å². The van der Waals surface area contributed by atoms with Gasteiger partial charge >= 0.3 is 5.97 Å². The van der Waals surface area contributed by atoms with Gasteiger partial charge in [0, 0.05) is 29.7 Å². The number of para-hydroxylation sites is 1. The van der Waals surface area contributed by atoms with E-state index in [1.165, 1.54) is 0 Å². The lowest BCUT2D eigenvalue weighted by Crippen LogP contribution is -2.45. The van der Waals surface area contributed by atoms with Crippen molar-refractivity contribution >= 4 is 22.8 Å². The third-order valence-electron chi connectivity index (χ3n) is 4.55. The average molecular weight is 314 g/mol. The van der Waals surface area contributed by atoms with E-state index in [2.05, 4.69) is 11.9 Å².